The summed E-state index contributed by atoms with van der Waals surface area (Å²) in [5, 5.41) is 17.6. The van der Waals surface area contributed by atoms with Crippen molar-refractivity contribution in [3.63, 3.8) is 0 Å². The third-order valence-corrected chi connectivity index (χ3v) is 5.64. The SMILES string of the molecule is O=S(=O)(C1CC1)N(CCC(O)O)c1ccc(OCCF)cc1. The molecule has 124 valence electrons. The van der Waals surface area contributed by atoms with E-state index in [-0.39, 0.29) is 19.6 Å². The number of hydrogen-bond donors (Lipinski definition) is 2. The number of aliphatic hydroxyl groups excluding tert-OH is 1. The van der Waals surface area contributed by atoms with Crippen LogP contribution in [0.25, 0.3) is 0 Å². The summed E-state index contributed by atoms with van der Waals surface area (Å²) in [4.78, 5) is 0. The molecule has 22 heavy (non-hydrogen) atoms. The first kappa shape index (κ1) is 17.0. The highest BCUT2D eigenvalue weighted by molar-refractivity contribution is 7.93. The topological polar surface area (TPSA) is 87.1 Å². The van der Waals surface area contributed by atoms with Gasteiger partial charge < -0.3 is 14.9 Å². The Morgan fingerprint density at radius 2 is 1.91 bits per heavy atom. The summed E-state index contributed by atoms with van der Waals surface area (Å²) in [6.07, 6.45) is -0.397. The second-order valence-electron chi connectivity index (χ2n) is 5.12. The molecule has 0 atom stereocenters. The zero-order valence-electron chi connectivity index (χ0n) is 12.1. The number of alkyl halides is 1. The van der Waals surface area contributed by atoms with Crippen LogP contribution >= 0.6 is 0 Å². The molecule has 8 heteroatoms. The smallest absolute Gasteiger partial charge is 0.238 e. The first-order valence-corrected chi connectivity index (χ1v) is 8.62. The van der Waals surface area contributed by atoms with Crippen molar-refractivity contribution in [2.45, 2.75) is 30.8 Å². The van der Waals surface area contributed by atoms with Gasteiger partial charge in [0.1, 0.15) is 19.0 Å². The van der Waals surface area contributed by atoms with Gasteiger partial charge in [0.05, 0.1) is 10.9 Å². The van der Waals surface area contributed by atoms with Gasteiger partial charge in [-0.1, -0.05) is 0 Å². The third-order valence-electron chi connectivity index (χ3n) is 3.31. The molecule has 0 saturated heterocycles. The fourth-order valence-electron chi connectivity index (χ4n) is 2.05. The minimum absolute atomic E-state index is 0.0127. The molecule has 1 aromatic rings. The van der Waals surface area contributed by atoms with E-state index in [2.05, 4.69) is 0 Å². The number of anilines is 1. The average Bonchev–Trinajstić information content (AvgIpc) is 3.31. The molecule has 0 aliphatic heterocycles. The fraction of sp³-hybridized carbons (Fsp3) is 0.571. The number of benzene rings is 1. The molecule has 1 fully saturated rings. The van der Waals surface area contributed by atoms with Crippen molar-refractivity contribution >= 4 is 15.7 Å². The van der Waals surface area contributed by atoms with E-state index in [0.29, 0.717) is 24.3 Å². The summed E-state index contributed by atoms with van der Waals surface area (Å²) in [7, 11) is -3.50. The maximum atomic E-state index is 12.4. The molecule has 2 rings (SSSR count). The van der Waals surface area contributed by atoms with Gasteiger partial charge >= 0.3 is 0 Å². The van der Waals surface area contributed by atoms with Crippen LogP contribution in [0, 0.1) is 0 Å². The Balaban J connectivity index is 2.17. The molecule has 1 saturated carbocycles. The number of sulfonamides is 1. The molecule has 0 spiro atoms. The van der Waals surface area contributed by atoms with Crippen LogP contribution in [0.5, 0.6) is 5.75 Å². The van der Waals surface area contributed by atoms with Gasteiger partial charge in [-0.25, -0.2) is 12.8 Å². The molecule has 0 radical (unpaired) electrons. The van der Waals surface area contributed by atoms with Crippen LogP contribution in [0.15, 0.2) is 24.3 Å². The highest BCUT2D eigenvalue weighted by Crippen LogP contribution is 2.34. The summed E-state index contributed by atoms with van der Waals surface area (Å²) >= 11 is 0. The number of ether oxygens (including phenoxy) is 1. The quantitative estimate of drug-likeness (QED) is 0.659. The van der Waals surface area contributed by atoms with Crippen molar-refractivity contribution in [1.29, 1.82) is 0 Å². The lowest BCUT2D eigenvalue weighted by molar-refractivity contribution is -0.0428. The monoisotopic (exact) mass is 333 g/mol. The van der Waals surface area contributed by atoms with E-state index in [4.69, 9.17) is 14.9 Å². The third kappa shape index (κ3) is 4.31. The van der Waals surface area contributed by atoms with E-state index in [0.717, 1.165) is 0 Å². The number of aliphatic hydroxyl groups is 2. The van der Waals surface area contributed by atoms with Gasteiger partial charge in [-0.05, 0) is 37.1 Å². The van der Waals surface area contributed by atoms with Crippen LogP contribution < -0.4 is 9.04 Å². The first-order valence-electron chi connectivity index (χ1n) is 7.11. The lowest BCUT2D eigenvalue weighted by Crippen LogP contribution is -2.36. The molecular weight excluding hydrogens is 313 g/mol. The Hall–Kier alpha value is -1.38. The number of rotatable bonds is 9. The van der Waals surface area contributed by atoms with E-state index in [1.54, 1.807) is 24.3 Å². The van der Waals surface area contributed by atoms with Crippen LogP contribution in [-0.4, -0.2) is 50.0 Å². The van der Waals surface area contributed by atoms with E-state index in [1.807, 2.05) is 0 Å². The maximum Gasteiger partial charge on any atom is 0.238 e. The number of halogens is 1. The molecule has 1 aliphatic rings. The van der Waals surface area contributed by atoms with Crippen molar-refractivity contribution in [2.75, 3.05) is 24.1 Å². The highest BCUT2D eigenvalue weighted by atomic mass is 32.2. The van der Waals surface area contributed by atoms with Gasteiger partial charge in [0.2, 0.25) is 10.0 Å². The van der Waals surface area contributed by atoms with Crippen molar-refractivity contribution in [1.82, 2.24) is 0 Å². The predicted octanol–water partition coefficient (Wildman–Crippen LogP) is 1.03. The van der Waals surface area contributed by atoms with E-state index >= 15 is 0 Å². The van der Waals surface area contributed by atoms with Crippen molar-refractivity contribution in [3.05, 3.63) is 24.3 Å². The van der Waals surface area contributed by atoms with Crippen LogP contribution in [0.2, 0.25) is 0 Å². The van der Waals surface area contributed by atoms with Crippen molar-refractivity contribution < 1.29 is 27.8 Å². The Kier molecular flexibility index (Phi) is 5.60. The highest BCUT2D eigenvalue weighted by Gasteiger charge is 2.40. The number of hydrogen-bond acceptors (Lipinski definition) is 5. The molecule has 0 amide bonds. The maximum absolute atomic E-state index is 12.4. The van der Waals surface area contributed by atoms with Gasteiger partial charge in [0.15, 0.2) is 6.29 Å². The van der Waals surface area contributed by atoms with Crippen LogP contribution in [0.4, 0.5) is 10.1 Å². The normalized spacial score (nSPS) is 15.1. The molecule has 6 nitrogen and oxygen atoms in total. The molecule has 0 bridgehead atoms. The van der Waals surface area contributed by atoms with Crippen molar-refractivity contribution in [2.24, 2.45) is 0 Å². The minimum atomic E-state index is -3.50. The molecule has 0 unspecified atom stereocenters. The molecule has 0 aromatic heterocycles. The summed E-state index contributed by atoms with van der Waals surface area (Å²) in [6.45, 7) is -0.667. The Morgan fingerprint density at radius 1 is 1.27 bits per heavy atom. The van der Waals surface area contributed by atoms with Crippen LogP contribution in [0.1, 0.15) is 19.3 Å². The average molecular weight is 333 g/mol. The summed E-state index contributed by atoms with van der Waals surface area (Å²) in [5.41, 5.74) is 0.431. The first-order chi connectivity index (χ1) is 10.4. The molecule has 0 heterocycles. The van der Waals surface area contributed by atoms with E-state index in [1.165, 1.54) is 4.31 Å². The second-order valence-corrected chi connectivity index (χ2v) is 7.25. The van der Waals surface area contributed by atoms with Gasteiger partial charge in [0.25, 0.3) is 0 Å². The zero-order valence-corrected chi connectivity index (χ0v) is 12.9. The van der Waals surface area contributed by atoms with E-state index in [9.17, 15) is 12.8 Å². The number of nitrogens with zero attached hydrogens (tertiary/aromatic N) is 1. The second kappa shape index (κ2) is 7.26. The van der Waals surface area contributed by atoms with Gasteiger partial charge in [-0.3, -0.25) is 4.31 Å². The summed E-state index contributed by atoms with van der Waals surface area (Å²) in [6, 6.07) is 6.26. The lowest BCUT2D eigenvalue weighted by atomic mass is 10.3. The van der Waals surface area contributed by atoms with Gasteiger partial charge in [0, 0.05) is 13.0 Å². The summed E-state index contributed by atoms with van der Waals surface area (Å²) < 4.78 is 43.3. The molecule has 1 aliphatic carbocycles. The summed E-state index contributed by atoms with van der Waals surface area (Å²) in [5.74, 6) is 0.451. The molecule has 2 N–H and O–H groups in total. The predicted molar refractivity (Wildman–Crippen MR) is 80.0 cm³/mol. The minimum Gasteiger partial charge on any atom is -0.491 e. The molecular formula is C14H20FNO5S. The lowest BCUT2D eigenvalue weighted by Gasteiger charge is -2.25. The molecule has 1 aromatic carbocycles. The fourth-order valence-corrected chi connectivity index (χ4v) is 3.91. The Morgan fingerprint density at radius 3 is 2.41 bits per heavy atom. The van der Waals surface area contributed by atoms with E-state index < -0.39 is 28.2 Å². The van der Waals surface area contributed by atoms with Gasteiger partial charge in [-0.2, -0.15) is 0 Å². The van der Waals surface area contributed by atoms with Crippen LogP contribution in [0.3, 0.4) is 0 Å². The standard InChI is InChI=1S/C14H20FNO5S/c15-8-10-21-12-3-1-11(2-4-12)16(9-7-14(17)18)22(19,20)13-5-6-13/h1-4,13-14,17-18H,5-10H2. The van der Waals surface area contributed by atoms with Crippen molar-refractivity contribution in [3.8, 4) is 5.75 Å². The zero-order chi connectivity index (χ0) is 16.2. The largest absolute Gasteiger partial charge is 0.491 e. The Bertz CT molecular complexity index is 571. The van der Waals surface area contributed by atoms with Crippen LogP contribution in [-0.2, 0) is 10.0 Å². The van der Waals surface area contributed by atoms with Gasteiger partial charge in [-0.15, -0.1) is 0 Å². The Labute approximate surface area is 129 Å².